The van der Waals surface area contributed by atoms with Crippen molar-refractivity contribution in [1.82, 2.24) is 34.6 Å². The van der Waals surface area contributed by atoms with E-state index in [0.29, 0.717) is 96.7 Å². The van der Waals surface area contributed by atoms with E-state index in [0.717, 1.165) is 61.5 Å². The number of hydrogen-bond acceptors (Lipinski definition) is 16. The Labute approximate surface area is 469 Å². The third-order valence-electron chi connectivity index (χ3n) is 16.2. The molecule has 6 heterocycles. The van der Waals surface area contributed by atoms with Crippen molar-refractivity contribution < 1.29 is 23.8 Å². The van der Waals surface area contributed by atoms with Gasteiger partial charge in [-0.1, -0.05) is 67.8 Å². The maximum absolute atomic E-state index is 13.0. The van der Waals surface area contributed by atoms with E-state index in [1.807, 2.05) is 26.0 Å². The zero-order valence-electron chi connectivity index (χ0n) is 46.9. The highest BCUT2D eigenvalue weighted by molar-refractivity contribution is 5.93. The normalized spacial score (nSPS) is 19.0. The first-order chi connectivity index (χ1) is 38.8. The highest BCUT2D eigenvalue weighted by Crippen LogP contribution is 2.42. The molecule has 2 amide bonds. The molecule has 2 unspecified atom stereocenters. The molecule has 0 saturated carbocycles. The average Bonchev–Trinajstić information content (AvgIpc) is 3.64. The van der Waals surface area contributed by atoms with Crippen LogP contribution in [0, 0.1) is 36.5 Å². The van der Waals surface area contributed by atoms with Crippen LogP contribution in [-0.4, -0.2) is 152 Å². The lowest BCUT2D eigenvalue weighted by Crippen LogP contribution is -2.55. The van der Waals surface area contributed by atoms with Gasteiger partial charge in [0.25, 0.3) is 0 Å². The van der Waals surface area contributed by atoms with Gasteiger partial charge in [0.2, 0.25) is 17.8 Å². The van der Waals surface area contributed by atoms with E-state index in [2.05, 4.69) is 133 Å². The molecule has 0 N–H and O–H groups in total. The zero-order valence-corrected chi connectivity index (χ0v) is 46.9. The molecule has 2 saturated heterocycles. The number of ether oxygens (including phenoxy) is 3. The number of amides is 2. The number of nitriles is 2. The van der Waals surface area contributed by atoms with Gasteiger partial charge in [-0.25, -0.2) is 4.98 Å². The average molecular weight is 1080 g/mol. The molecule has 2 aromatic heterocycles. The van der Waals surface area contributed by atoms with E-state index >= 15 is 0 Å². The predicted molar refractivity (Wildman–Crippen MR) is 311 cm³/mol. The van der Waals surface area contributed by atoms with Gasteiger partial charge in [0.15, 0.2) is 0 Å². The van der Waals surface area contributed by atoms with Gasteiger partial charge >= 0.3 is 6.01 Å². The third-order valence-corrected chi connectivity index (χ3v) is 16.2. The number of carbonyl (C=O) groups excluding carboxylic acids is 2. The number of nitrogens with zero attached hydrogens (tertiary/aromatic N) is 13. The summed E-state index contributed by atoms with van der Waals surface area (Å²) in [4.78, 5) is 60.7. The predicted octanol–water partition coefficient (Wildman–Crippen LogP) is 7.56. The Morgan fingerprint density at radius 2 is 1.21 bits per heavy atom. The summed E-state index contributed by atoms with van der Waals surface area (Å²) in [5, 5.41) is 24.2. The fourth-order valence-corrected chi connectivity index (χ4v) is 11.9. The van der Waals surface area contributed by atoms with Crippen molar-refractivity contribution in [2.45, 2.75) is 77.0 Å². The second-order valence-electron chi connectivity index (χ2n) is 21.7. The van der Waals surface area contributed by atoms with E-state index in [1.165, 1.54) is 28.5 Å². The van der Waals surface area contributed by atoms with E-state index in [9.17, 15) is 20.1 Å². The second-order valence-corrected chi connectivity index (χ2v) is 21.7. The standard InChI is InChI=1S/C62H71N13O5/c1-9-55(76)74-28-26-72(36-44(74)20-22-63)59-49-38-79-53(47-19-13-17-42-16-11-14-40(3)57(42)47)34-51(49)65-61(67-59)71(8)25-24-70(7)46-32-43-18-12-15-41(4)58(43)48(33-46)54-35-52-50(39-80-54)60(68-62(66-52)78-31-30-69(5)6)73-27-29-75(56(77)10-2)45(37-73)21-23-64/h9-19,32-33,44-45,53-54H,1-2,20-21,24-31,34-39H2,3-8H3/t44-,45-,53?,54?/m0/s1. The first-order valence-corrected chi connectivity index (χ1v) is 27.6. The number of anilines is 4. The van der Waals surface area contributed by atoms with Gasteiger partial charge in [0.1, 0.15) is 18.2 Å². The summed E-state index contributed by atoms with van der Waals surface area (Å²) >= 11 is 0. The molecule has 414 valence electrons. The molecule has 2 fully saturated rings. The minimum atomic E-state index is -0.342. The van der Waals surface area contributed by atoms with Crippen molar-refractivity contribution in [3.8, 4) is 18.1 Å². The number of likely N-dealkylation sites (N-methyl/N-ethyl adjacent to an activating group) is 3. The van der Waals surface area contributed by atoms with Crippen LogP contribution in [0.4, 0.5) is 23.3 Å². The summed E-state index contributed by atoms with van der Waals surface area (Å²) in [5.74, 6) is 1.69. The number of rotatable bonds is 17. The molecule has 10 rings (SSSR count). The summed E-state index contributed by atoms with van der Waals surface area (Å²) in [6.45, 7) is 17.4. The van der Waals surface area contributed by atoms with Crippen LogP contribution in [-0.2, 0) is 45.1 Å². The highest BCUT2D eigenvalue weighted by atomic mass is 16.5. The maximum Gasteiger partial charge on any atom is 0.318 e. The van der Waals surface area contributed by atoms with Crippen LogP contribution in [0.1, 0.15) is 69.8 Å². The van der Waals surface area contributed by atoms with Crippen LogP contribution in [0.25, 0.3) is 21.5 Å². The summed E-state index contributed by atoms with van der Waals surface area (Å²) in [5.41, 5.74) is 9.13. The zero-order chi connectivity index (χ0) is 56.2. The van der Waals surface area contributed by atoms with Crippen molar-refractivity contribution in [3.63, 3.8) is 0 Å². The van der Waals surface area contributed by atoms with Gasteiger partial charge in [-0.2, -0.15) is 25.5 Å². The van der Waals surface area contributed by atoms with Gasteiger partial charge in [-0.05, 0) is 96.0 Å². The Balaban J connectivity index is 0.936. The molecular weight excluding hydrogens is 1010 g/mol. The number of hydrogen-bond donors (Lipinski definition) is 0. The quantitative estimate of drug-likeness (QED) is 0.0815. The lowest BCUT2D eigenvalue weighted by Gasteiger charge is -2.42. The fourth-order valence-electron chi connectivity index (χ4n) is 11.9. The van der Waals surface area contributed by atoms with Crippen molar-refractivity contribution in [2.75, 3.05) is 113 Å². The van der Waals surface area contributed by atoms with Gasteiger partial charge in [-0.15, -0.1) is 0 Å². The monoisotopic (exact) mass is 1080 g/mol. The minimum Gasteiger partial charge on any atom is -0.462 e. The van der Waals surface area contributed by atoms with E-state index in [1.54, 1.807) is 9.80 Å². The lowest BCUT2D eigenvalue weighted by molar-refractivity contribution is -0.129. The molecule has 4 atom stereocenters. The van der Waals surface area contributed by atoms with Gasteiger partial charge in [-0.3, -0.25) is 9.59 Å². The Morgan fingerprint density at radius 3 is 1.80 bits per heavy atom. The smallest absolute Gasteiger partial charge is 0.318 e. The number of aryl methyl sites for hydroxylation is 2. The van der Waals surface area contributed by atoms with Crippen molar-refractivity contribution in [3.05, 3.63) is 137 Å². The number of carbonyl (C=O) groups is 2. The molecule has 0 aliphatic carbocycles. The lowest BCUT2D eigenvalue weighted by atomic mass is 9.91. The van der Waals surface area contributed by atoms with Gasteiger partial charge in [0, 0.05) is 103 Å². The van der Waals surface area contributed by atoms with Gasteiger partial charge in [0.05, 0.1) is 73.9 Å². The highest BCUT2D eigenvalue weighted by Gasteiger charge is 2.37. The van der Waals surface area contributed by atoms with Crippen LogP contribution in [0.2, 0.25) is 0 Å². The number of aromatic nitrogens is 4. The molecule has 18 heteroatoms. The van der Waals surface area contributed by atoms with Crippen LogP contribution < -0.4 is 24.3 Å². The molecule has 0 radical (unpaired) electrons. The number of piperazine rings is 2. The Morgan fingerprint density at radius 1 is 0.675 bits per heavy atom. The number of fused-ring (bicyclic) bond motifs is 4. The second kappa shape index (κ2) is 24.1. The fraction of sp³-hybridized carbons (Fsp3) is 0.419. The Bertz CT molecular complexity index is 3420. The SMILES string of the molecule is C=CC(=O)N1CCN(c2nc(OCCN(C)C)nc3c2COC(c2cc(N(C)CCN(C)c4nc5c(c(N6CCN(C(=O)C=C)[C@@H](CC#N)C6)n4)COC(c4cccc6cccc(C)c46)C5)cc4cccc(C)c24)C3)C[C@@H]1CC#N. The first-order valence-electron chi connectivity index (χ1n) is 27.6. The van der Waals surface area contributed by atoms with Crippen molar-refractivity contribution in [1.29, 1.82) is 10.5 Å². The third kappa shape index (κ3) is 11.3. The van der Waals surface area contributed by atoms with Crippen molar-refractivity contribution >= 4 is 56.6 Å². The summed E-state index contributed by atoms with van der Waals surface area (Å²) < 4.78 is 19.9. The molecular formula is C62H71N13O5. The molecule has 4 aromatic carbocycles. The Kier molecular flexibility index (Phi) is 16.6. The number of benzene rings is 4. The van der Waals surface area contributed by atoms with Crippen LogP contribution in [0.15, 0.2) is 92.0 Å². The maximum atomic E-state index is 13.0. The van der Waals surface area contributed by atoms with E-state index in [4.69, 9.17) is 34.1 Å². The van der Waals surface area contributed by atoms with E-state index < -0.39 is 0 Å². The minimum absolute atomic E-state index is 0.179. The van der Waals surface area contributed by atoms with Crippen LogP contribution in [0.5, 0.6) is 6.01 Å². The molecule has 80 heavy (non-hydrogen) atoms. The molecule has 6 aromatic rings. The molecule has 0 spiro atoms. The summed E-state index contributed by atoms with van der Waals surface area (Å²) in [6.07, 6.45) is 3.46. The first kappa shape index (κ1) is 55.2. The van der Waals surface area contributed by atoms with Crippen LogP contribution >= 0.6 is 0 Å². The molecule has 4 aliphatic rings. The largest absolute Gasteiger partial charge is 0.462 e. The molecule has 4 aliphatic heterocycles. The van der Waals surface area contributed by atoms with Crippen molar-refractivity contribution in [2.24, 2.45) is 0 Å². The van der Waals surface area contributed by atoms with E-state index in [-0.39, 0.29) is 61.6 Å². The molecule has 18 nitrogen and oxygen atoms in total. The van der Waals surface area contributed by atoms with Gasteiger partial charge < -0.3 is 48.5 Å². The summed E-state index contributed by atoms with van der Waals surface area (Å²) in [7, 11) is 8.13. The summed E-state index contributed by atoms with van der Waals surface area (Å²) in [6, 6.07) is 27.9. The molecule has 0 bridgehead atoms. The Hall–Kier alpha value is -8.16. The topological polar surface area (TPSA) is 184 Å². The van der Waals surface area contributed by atoms with Crippen LogP contribution in [0.3, 0.4) is 0 Å².